The Morgan fingerprint density at radius 1 is 1.04 bits per heavy atom. The fraction of sp³-hybridized carbons (Fsp3) is 0.143. The van der Waals surface area contributed by atoms with Crippen molar-refractivity contribution in [1.82, 2.24) is 0 Å². The minimum Gasteiger partial charge on any atom is -0.197 e. The number of hydrogen-bond acceptors (Lipinski definition) is 2. The molecule has 2 heteroatoms. The smallest absolute Gasteiger partial charge is 0.126 e. The number of hydrogen-bond donors (Lipinski definition) is 0. The fourth-order valence-corrected chi connectivity index (χ4v) is 3.71. The van der Waals surface area contributed by atoms with Crippen LogP contribution < -0.4 is 0 Å². The lowest BCUT2D eigenvalue weighted by Crippen LogP contribution is -2.21. The summed E-state index contributed by atoms with van der Waals surface area (Å²) in [4.78, 5) is 0. The van der Waals surface area contributed by atoms with Gasteiger partial charge in [0.2, 0.25) is 0 Å². The predicted octanol–water partition coefficient (Wildman–Crippen LogP) is 4.43. The molecule has 0 aromatic heterocycles. The van der Waals surface area contributed by atoms with Crippen LogP contribution in [0.4, 0.5) is 0 Å². The summed E-state index contributed by atoms with van der Waals surface area (Å²) in [7, 11) is 0. The second-order valence-corrected chi connectivity index (χ2v) is 6.09. The molecule has 0 aliphatic heterocycles. The molecule has 0 heterocycles. The maximum absolute atomic E-state index is 10.1. The van der Waals surface area contributed by atoms with Crippen LogP contribution >= 0.6 is 0 Å². The molecule has 0 fully saturated rings. The van der Waals surface area contributed by atoms with Crippen LogP contribution in [0.15, 0.2) is 54.6 Å². The number of benzene rings is 2. The monoisotopic (exact) mass is 294 g/mol. The van der Waals surface area contributed by atoms with E-state index in [1.54, 1.807) is 0 Å². The van der Waals surface area contributed by atoms with Gasteiger partial charge in [-0.25, -0.2) is 0 Å². The molecule has 0 unspecified atom stereocenters. The molecule has 2 aromatic rings. The van der Waals surface area contributed by atoms with Gasteiger partial charge in [-0.15, -0.1) is 0 Å². The molecule has 0 bridgehead atoms. The standard InChI is InChI=1S/C21H14N2/c1-14-7-9-17-15(12-22)8-10-19-20(17)18(14)11-21(19,13-23)16-5-3-2-4-6-16/h2-11,14H,1H3/t14-,21-/m1/s1. The molecule has 2 aromatic carbocycles. The highest BCUT2D eigenvalue weighted by Gasteiger charge is 2.43. The lowest BCUT2D eigenvalue weighted by Gasteiger charge is -2.23. The molecule has 2 aliphatic carbocycles. The van der Waals surface area contributed by atoms with Crippen LogP contribution in [-0.2, 0) is 5.41 Å². The first-order chi connectivity index (χ1) is 11.2. The summed E-state index contributed by atoms with van der Waals surface area (Å²) in [6, 6.07) is 18.5. The van der Waals surface area contributed by atoms with Gasteiger partial charge in [-0.05, 0) is 39.8 Å². The summed E-state index contributed by atoms with van der Waals surface area (Å²) in [5.41, 5.74) is 5.04. The molecule has 2 aliphatic rings. The van der Waals surface area contributed by atoms with Crippen molar-refractivity contribution in [1.29, 1.82) is 10.5 Å². The molecule has 0 amide bonds. The minimum atomic E-state index is -0.769. The zero-order chi connectivity index (χ0) is 16.0. The summed E-state index contributed by atoms with van der Waals surface area (Å²) in [5, 5.41) is 19.5. The molecule has 23 heavy (non-hydrogen) atoms. The maximum Gasteiger partial charge on any atom is 0.126 e. The highest BCUT2D eigenvalue weighted by Crippen LogP contribution is 2.51. The average molecular weight is 294 g/mol. The Kier molecular flexibility index (Phi) is 2.77. The molecule has 0 N–H and O–H groups in total. The van der Waals surface area contributed by atoms with E-state index in [9.17, 15) is 10.5 Å². The Labute approximate surface area is 135 Å². The van der Waals surface area contributed by atoms with Gasteiger partial charge in [-0.3, -0.25) is 0 Å². The largest absolute Gasteiger partial charge is 0.197 e. The van der Waals surface area contributed by atoms with E-state index >= 15 is 0 Å². The van der Waals surface area contributed by atoms with Crippen molar-refractivity contribution in [2.75, 3.05) is 0 Å². The lowest BCUT2D eigenvalue weighted by molar-refractivity contribution is 0.847. The first-order valence-corrected chi connectivity index (χ1v) is 7.67. The normalized spacial score (nSPS) is 23.6. The Bertz CT molecular complexity index is 952. The predicted molar refractivity (Wildman–Crippen MR) is 90.2 cm³/mol. The molecular weight excluding hydrogens is 280 g/mol. The first-order valence-electron chi connectivity index (χ1n) is 7.67. The summed E-state index contributed by atoms with van der Waals surface area (Å²) >= 11 is 0. The van der Waals surface area contributed by atoms with Gasteiger partial charge >= 0.3 is 0 Å². The fourth-order valence-electron chi connectivity index (χ4n) is 3.71. The van der Waals surface area contributed by atoms with Gasteiger partial charge in [0.1, 0.15) is 5.41 Å². The SMILES string of the molecule is C[C@@H]1C=Cc2c(C#N)ccc3c2C1=C[C@@]3(C#N)c1ccccc1. The van der Waals surface area contributed by atoms with Crippen LogP contribution in [0.3, 0.4) is 0 Å². The van der Waals surface area contributed by atoms with Crippen LogP contribution in [0.2, 0.25) is 0 Å². The first kappa shape index (κ1) is 13.6. The van der Waals surface area contributed by atoms with Gasteiger partial charge in [-0.2, -0.15) is 10.5 Å². The van der Waals surface area contributed by atoms with Gasteiger partial charge in [0, 0.05) is 0 Å². The minimum absolute atomic E-state index is 0.245. The Balaban J connectivity index is 2.10. The van der Waals surface area contributed by atoms with E-state index < -0.39 is 5.41 Å². The zero-order valence-electron chi connectivity index (χ0n) is 12.7. The summed E-state index contributed by atoms with van der Waals surface area (Å²) in [5.74, 6) is 0.245. The molecule has 0 radical (unpaired) electrons. The maximum atomic E-state index is 10.1. The van der Waals surface area contributed by atoms with Gasteiger partial charge in [0.05, 0.1) is 17.7 Å². The molecule has 0 spiro atoms. The van der Waals surface area contributed by atoms with Crippen molar-refractivity contribution in [2.45, 2.75) is 12.3 Å². The van der Waals surface area contributed by atoms with E-state index in [4.69, 9.17) is 0 Å². The quantitative estimate of drug-likeness (QED) is 0.781. The Morgan fingerprint density at radius 2 is 1.83 bits per heavy atom. The molecule has 4 rings (SSSR count). The van der Waals surface area contributed by atoms with E-state index in [-0.39, 0.29) is 5.92 Å². The van der Waals surface area contributed by atoms with Crippen molar-refractivity contribution in [3.8, 4) is 12.1 Å². The van der Waals surface area contributed by atoms with Crippen LogP contribution in [0.25, 0.3) is 11.6 Å². The number of rotatable bonds is 1. The van der Waals surface area contributed by atoms with Gasteiger partial charge < -0.3 is 0 Å². The third kappa shape index (κ3) is 1.67. The van der Waals surface area contributed by atoms with Crippen molar-refractivity contribution < 1.29 is 0 Å². The van der Waals surface area contributed by atoms with Crippen molar-refractivity contribution in [2.24, 2.45) is 5.92 Å². The topological polar surface area (TPSA) is 47.6 Å². The summed E-state index contributed by atoms with van der Waals surface area (Å²) < 4.78 is 0. The van der Waals surface area contributed by atoms with Crippen LogP contribution in [0.1, 0.15) is 34.7 Å². The molecule has 108 valence electrons. The number of nitrogens with zero attached hydrogens (tertiary/aromatic N) is 2. The second-order valence-electron chi connectivity index (χ2n) is 6.09. The molecule has 2 atom stereocenters. The summed E-state index contributed by atoms with van der Waals surface area (Å²) in [6.07, 6.45) is 6.22. The molecule has 0 saturated carbocycles. The average Bonchev–Trinajstić information content (AvgIpc) is 2.96. The third-order valence-electron chi connectivity index (χ3n) is 4.90. The highest BCUT2D eigenvalue weighted by atomic mass is 14.5. The van der Waals surface area contributed by atoms with Crippen LogP contribution in [0.5, 0.6) is 0 Å². The van der Waals surface area contributed by atoms with E-state index in [1.165, 1.54) is 0 Å². The van der Waals surface area contributed by atoms with E-state index in [0.717, 1.165) is 27.8 Å². The lowest BCUT2D eigenvalue weighted by atomic mass is 9.76. The van der Waals surface area contributed by atoms with Crippen molar-refractivity contribution in [3.63, 3.8) is 0 Å². The third-order valence-corrected chi connectivity index (χ3v) is 4.90. The molecule has 2 nitrogen and oxygen atoms in total. The van der Waals surface area contributed by atoms with Crippen molar-refractivity contribution >= 4 is 11.6 Å². The van der Waals surface area contributed by atoms with E-state index in [2.05, 4.69) is 31.2 Å². The summed E-state index contributed by atoms with van der Waals surface area (Å²) in [6.45, 7) is 2.13. The zero-order valence-corrected chi connectivity index (χ0v) is 12.7. The van der Waals surface area contributed by atoms with E-state index in [0.29, 0.717) is 5.56 Å². The van der Waals surface area contributed by atoms with Gasteiger partial charge in [-0.1, -0.05) is 61.5 Å². The highest BCUT2D eigenvalue weighted by molar-refractivity contribution is 5.91. The number of allylic oxidation sites excluding steroid dienone is 3. The van der Waals surface area contributed by atoms with Gasteiger partial charge in [0.15, 0.2) is 0 Å². The van der Waals surface area contributed by atoms with Crippen LogP contribution in [0, 0.1) is 28.6 Å². The molecule has 0 saturated heterocycles. The van der Waals surface area contributed by atoms with Gasteiger partial charge in [0.25, 0.3) is 0 Å². The molecular formula is C21H14N2. The Morgan fingerprint density at radius 3 is 2.52 bits per heavy atom. The van der Waals surface area contributed by atoms with Crippen molar-refractivity contribution in [3.05, 3.63) is 82.4 Å². The van der Waals surface area contributed by atoms with Crippen LogP contribution in [-0.4, -0.2) is 0 Å². The Hall–Kier alpha value is -3.10. The number of nitriles is 2. The van der Waals surface area contributed by atoms with E-state index in [1.807, 2.05) is 48.5 Å². The second kappa shape index (κ2) is 4.70.